The van der Waals surface area contributed by atoms with Crippen LogP contribution in [0.25, 0.3) is 11.3 Å². The second kappa shape index (κ2) is 12.1. The maximum atomic E-state index is 15.0. The fraction of sp³-hybridized carbons (Fsp3) is 0.467. The van der Waals surface area contributed by atoms with E-state index in [0.29, 0.717) is 19.6 Å². The molecular weight excluding hydrogens is 479 g/mol. The van der Waals surface area contributed by atoms with Crippen molar-refractivity contribution in [3.05, 3.63) is 78.2 Å². The van der Waals surface area contributed by atoms with Gasteiger partial charge in [-0.2, -0.15) is 0 Å². The number of alkyl halides is 1. The van der Waals surface area contributed by atoms with E-state index in [1.807, 2.05) is 54.7 Å². The molecule has 0 unspecified atom stereocenters. The highest BCUT2D eigenvalue weighted by Crippen LogP contribution is 2.40. The third-order valence-corrected chi connectivity index (χ3v) is 7.16. The van der Waals surface area contributed by atoms with Gasteiger partial charge in [0.2, 0.25) is 0 Å². The van der Waals surface area contributed by atoms with Crippen LogP contribution in [0.1, 0.15) is 51.0 Å². The number of piperidine rings is 1. The molecule has 1 aromatic heterocycles. The first kappa shape index (κ1) is 27.8. The maximum Gasteiger partial charge on any atom is 0.320 e. The third kappa shape index (κ3) is 6.60. The van der Waals surface area contributed by atoms with E-state index < -0.39 is 17.6 Å². The Kier molecular flexibility index (Phi) is 8.84. The van der Waals surface area contributed by atoms with Gasteiger partial charge in [0.25, 0.3) is 0 Å². The number of carbonyl (C=O) groups is 1. The van der Waals surface area contributed by atoms with Crippen molar-refractivity contribution in [3.8, 4) is 11.3 Å². The Bertz CT molecular complexity index is 1170. The summed E-state index contributed by atoms with van der Waals surface area (Å²) in [6, 6.07) is 19.6. The number of amides is 2. The Morgan fingerprint density at radius 2 is 1.68 bits per heavy atom. The van der Waals surface area contributed by atoms with Crippen molar-refractivity contribution in [2.24, 2.45) is 16.9 Å². The number of hydrogen-bond acceptors (Lipinski definition) is 4. The van der Waals surface area contributed by atoms with Crippen molar-refractivity contribution in [2.75, 3.05) is 26.2 Å². The number of imidazole rings is 1. The van der Waals surface area contributed by atoms with Crippen molar-refractivity contribution < 1.29 is 9.18 Å². The van der Waals surface area contributed by atoms with E-state index in [1.165, 1.54) is 0 Å². The average Bonchev–Trinajstić information content (AvgIpc) is 3.31. The van der Waals surface area contributed by atoms with E-state index in [-0.39, 0.29) is 25.2 Å². The highest BCUT2D eigenvalue weighted by molar-refractivity contribution is 5.75. The van der Waals surface area contributed by atoms with Gasteiger partial charge in [0, 0.05) is 44.0 Å². The molecular formula is C30H41FN6O. The monoisotopic (exact) mass is 520 g/mol. The Hall–Kier alpha value is -3.23. The molecule has 2 heterocycles. The zero-order valence-electron chi connectivity index (χ0n) is 22.8. The molecule has 2 amide bonds. The molecule has 2 aromatic carbocycles. The van der Waals surface area contributed by atoms with Gasteiger partial charge in [0.15, 0.2) is 0 Å². The lowest BCUT2D eigenvalue weighted by atomic mass is 9.84. The number of likely N-dealkylation sites (tertiary alicyclic amines) is 1. The van der Waals surface area contributed by atoms with Crippen LogP contribution in [0.4, 0.5) is 9.18 Å². The number of aromatic nitrogens is 2. The Morgan fingerprint density at radius 1 is 1.08 bits per heavy atom. The minimum atomic E-state index is -1.35. The lowest BCUT2D eigenvalue weighted by Crippen LogP contribution is -2.54. The minimum absolute atomic E-state index is 0.0853. The van der Waals surface area contributed by atoms with Gasteiger partial charge in [-0.05, 0) is 23.8 Å². The molecule has 1 aliphatic heterocycles. The average molecular weight is 521 g/mol. The number of benzene rings is 2. The largest absolute Gasteiger partial charge is 0.328 e. The second-order valence-electron chi connectivity index (χ2n) is 11.3. The van der Waals surface area contributed by atoms with Crippen molar-refractivity contribution in [1.82, 2.24) is 19.4 Å². The van der Waals surface area contributed by atoms with Crippen LogP contribution < -0.4 is 11.5 Å². The number of halogens is 1. The van der Waals surface area contributed by atoms with Crippen molar-refractivity contribution in [1.29, 1.82) is 0 Å². The third-order valence-electron chi connectivity index (χ3n) is 7.16. The highest BCUT2D eigenvalue weighted by Gasteiger charge is 2.41. The predicted octanol–water partition coefficient (Wildman–Crippen LogP) is 4.83. The van der Waals surface area contributed by atoms with Crippen molar-refractivity contribution in [3.63, 3.8) is 0 Å². The highest BCUT2D eigenvalue weighted by atomic mass is 19.1. The summed E-state index contributed by atoms with van der Waals surface area (Å²) in [6.07, 6.45) is 2.16. The smallest absolute Gasteiger partial charge is 0.320 e. The molecule has 0 radical (unpaired) electrons. The first-order valence-electron chi connectivity index (χ1n) is 13.5. The van der Waals surface area contributed by atoms with Crippen molar-refractivity contribution in [2.45, 2.75) is 58.4 Å². The number of carbonyl (C=O) groups excluding carboxylic acids is 1. The molecule has 0 aliphatic carbocycles. The number of rotatable bonds is 8. The molecule has 0 bridgehead atoms. The Morgan fingerprint density at radius 3 is 2.26 bits per heavy atom. The lowest BCUT2D eigenvalue weighted by molar-refractivity contribution is 0.0631. The van der Waals surface area contributed by atoms with Crippen LogP contribution in [-0.4, -0.2) is 63.8 Å². The molecule has 0 saturated carbocycles. The summed E-state index contributed by atoms with van der Waals surface area (Å²) in [6.45, 7) is 7.66. The summed E-state index contributed by atoms with van der Waals surface area (Å²) in [5.41, 5.74) is 14.3. The van der Waals surface area contributed by atoms with Crippen LogP contribution in [0.3, 0.4) is 0 Å². The molecule has 2 atom stereocenters. The molecule has 1 aliphatic rings. The molecule has 8 heteroatoms. The van der Waals surface area contributed by atoms with Gasteiger partial charge < -0.3 is 25.8 Å². The van der Waals surface area contributed by atoms with E-state index in [2.05, 4.69) is 37.5 Å². The molecule has 204 valence electrons. The fourth-order valence-electron chi connectivity index (χ4n) is 5.15. The lowest BCUT2D eigenvalue weighted by Gasteiger charge is -2.43. The summed E-state index contributed by atoms with van der Waals surface area (Å²) in [5.74, 6) is 0.728. The van der Waals surface area contributed by atoms with Crippen molar-refractivity contribution >= 4 is 6.03 Å². The summed E-state index contributed by atoms with van der Waals surface area (Å²) < 4.78 is 17.1. The predicted molar refractivity (Wildman–Crippen MR) is 150 cm³/mol. The van der Waals surface area contributed by atoms with Gasteiger partial charge in [-0.1, -0.05) is 81.4 Å². The molecule has 38 heavy (non-hydrogen) atoms. The quantitative estimate of drug-likeness (QED) is 0.445. The molecule has 0 spiro atoms. The van der Waals surface area contributed by atoms with Crippen LogP contribution in [0, 0.1) is 5.41 Å². The summed E-state index contributed by atoms with van der Waals surface area (Å²) in [5, 5.41) is 0. The van der Waals surface area contributed by atoms with Gasteiger partial charge in [-0.3, -0.25) is 0 Å². The van der Waals surface area contributed by atoms with Crippen LogP contribution in [0.5, 0.6) is 0 Å². The normalized spacial score (nSPS) is 16.3. The molecule has 1 saturated heterocycles. The number of urea groups is 1. The zero-order chi connectivity index (χ0) is 27.3. The van der Waals surface area contributed by atoms with E-state index >= 15 is 0 Å². The van der Waals surface area contributed by atoms with Crippen LogP contribution in [0.2, 0.25) is 0 Å². The Labute approximate surface area is 225 Å². The van der Waals surface area contributed by atoms with E-state index in [0.717, 1.165) is 35.5 Å². The molecule has 1 fully saturated rings. The molecule has 4 rings (SSSR count). The van der Waals surface area contributed by atoms with Crippen LogP contribution in [0.15, 0.2) is 66.9 Å². The van der Waals surface area contributed by atoms with Gasteiger partial charge in [0.05, 0.1) is 18.3 Å². The Balaban J connectivity index is 1.82. The van der Waals surface area contributed by atoms with Gasteiger partial charge in [-0.15, -0.1) is 0 Å². The molecule has 7 nitrogen and oxygen atoms in total. The SMILES string of the molecule is CC(C)(C)[C@H](c1nc(-c2ccccc2)cn1Cc1ccccc1)N(C[C@@H](F)CN)C(=O)N1CCC(N)CC1. The van der Waals surface area contributed by atoms with Crippen LogP contribution >= 0.6 is 0 Å². The zero-order valence-corrected chi connectivity index (χ0v) is 22.8. The maximum absolute atomic E-state index is 15.0. The number of nitrogens with two attached hydrogens (primary N) is 2. The minimum Gasteiger partial charge on any atom is -0.328 e. The first-order chi connectivity index (χ1) is 18.2. The van der Waals surface area contributed by atoms with Gasteiger partial charge in [-0.25, -0.2) is 14.2 Å². The van der Waals surface area contributed by atoms with Gasteiger partial charge in [0.1, 0.15) is 12.0 Å². The van der Waals surface area contributed by atoms with E-state index in [4.69, 9.17) is 16.5 Å². The topological polar surface area (TPSA) is 93.4 Å². The summed E-state index contributed by atoms with van der Waals surface area (Å²) in [4.78, 5) is 22.6. The van der Waals surface area contributed by atoms with Gasteiger partial charge >= 0.3 is 6.03 Å². The number of hydrogen-bond donors (Lipinski definition) is 2. The van der Waals surface area contributed by atoms with E-state index in [9.17, 15) is 9.18 Å². The first-order valence-corrected chi connectivity index (χ1v) is 13.5. The second-order valence-corrected chi connectivity index (χ2v) is 11.3. The molecule has 3 aromatic rings. The summed E-state index contributed by atoms with van der Waals surface area (Å²) >= 11 is 0. The molecule has 4 N–H and O–H groups in total. The number of nitrogens with zero attached hydrogens (tertiary/aromatic N) is 4. The summed E-state index contributed by atoms with van der Waals surface area (Å²) in [7, 11) is 0. The fourth-order valence-corrected chi connectivity index (χ4v) is 5.15. The van der Waals surface area contributed by atoms with Crippen LogP contribution in [-0.2, 0) is 6.54 Å². The standard InChI is InChI=1S/C30H41FN6O/c1-30(2,3)27(37(20-24(31)18-32)29(38)35-16-14-25(33)15-17-35)28-34-26(23-12-8-5-9-13-23)21-36(28)19-22-10-6-4-7-11-22/h4-13,21,24-25,27H,14-20,32-33H2,1-3H3/t24-,27-/m0/s1. The van der Waals surface area contributed by atoms with E-state index in [1.54, 1.807) is 9.80 Å².